The molecule has 7 heteroatoms. The molecule has 0 saturated heterocycles. The lowest BCUT2D eigenvalue weighted by molar-refractivity contribution is 0.0526. The second kappa shape index (κ2) is 5.83. The Morgan fingerprint density at radius 1 is 1.38 bits per heavy atom. The molecule has 0 radical (unpaired) electrons. The molecule has 0 spiro atoms. The molecule has 0 aliphatic carbocycles. The number of rotatable bonds is 3. The van der Waals surface area contributed by atoms with Crippen molar-refractivity contribution in [3.63, 3.8) is 0 Å². The number of fused-ring (bicyclic) bond motifs is 2. The molecular formula is C17H16N4O2S. The number of hydrogen-bond acceptors (Lipinski definition) is 7. The highest BCUT2D eigenvalue weighted by Gasteiger charge is 2.30. The van der Waals surface area contributed by atoms with Crippen LogP contribution in [0.3, 0.4) is 0 Å². The Morgan fingerprint density at radius 2 is 2.21 bits per heavy atom. The lowest BCUT2D eigenvalue weighted by atomic mass is 10.1. The van der Waals surface area contributed by atoms with Crippen LogP contribution in [0.25, 0.3) is 10.3 Å². The predicted octanol–water partition coefficient (Wildman–Crippen LogP) is 3.35. The van der Waals surface area contributed by atoms with Gasteiger partial charge in [-0.15, -0.1) is 0 Å². The summed E-state index contributed by atoms with van der Waals surface area (Å²) in [5.41, 5.74) is 3.07. The van der Waals surface area contributed by atoms with Crippen LogP contribution in [0.4, 0.5) is 11.5 Å². The highest BCUT2D eigenvalue weighted by molar-refractivity contribution is 7.19. The second-order valence-electron chi connectivity index (χ2n) is 5.64. The molecule has 0 fully saturated rings. The van der Waals surface area contributed by atoms with Crippen LogP contribution < -0.4 is 4.90 Å². The number of esters is 1. The fourth-order valence-corrected chi connectivity index (χ4v) is 3.88. The number of carbonyl (C=O) groups excluding carboxylic acids is 1. The average molecular weight is 340 g/mol. The summed E-state index contributed by atoms with van der Waals surface area (Å²) in [5.74, 6) is 0.325. The molecule has 24 heavy (non-hydrogen) atoms. The van der Waals surface area contributed by atoms with E-state index in [9.17, 15) is 4.79 Å². The van der Waals surface area contributed by atoms with Crippen LogP contribution in [0.2, 0.25) is 0 Å². The van der Waals surface area contributed by atoms with E-state index in [2.05, 4.69) is 38.9 Å². The summed E-state index contributed by atoms with van der Waals surface area (Å²) in [5, 5.41) is 0.314. The third-order valence-corrected chi connectivity index (χ3v) is 5.00. The van der Waals surface area contributed by atoms with Gasteiger partial charge in [0.25, 0.3) is 0 Å². The molecule has 0 N–H and O–H groups in total. The Bertz CT molecular complexity index is 924. The van der Waals surface area contributed by atoms with Crippen molar-refractivity contribution in [2.24, 2.45) is 0 Å². The van der Waals surface area contributed by atoms with E-state index in [1.807, 2.05) is 12.1 Å². The second-order valence-corrected chi connectivity index (χ2v) is 6.62. The first-order valence-corrected chi connectivity index (χ1v) is 8.66. The van der Waals surface area contributed by atoms with Crippen LogP contribution in [0.1, 0.15) is 29.2 Å². The Kier molecular flexibility index (Phi) is 3.65. The van der Waals surface area contributed by atoms with Crippen molar-refractivity contribution in [3.8, 4) is 0 Å². The van der Waals surface area contributed by atoms with Crippen molar-refractivity contribution in [1.29, 1.82) is 0 Å². The van der Waals surface area contributed by atoms with E-state index in [-0.39, 0.29) is 6.04 Å². The molecule has 6 nitrogen and oxygen atoms in total. The summed E-state index contributed by atoms with van der Waals surface area (Å²) in [4.78, 5) is 28.0. The van der Waals surface area contributed by atoms with Gasteiger partial charge < -0.3 is 9.64 Å². The van der Waals surface area contributed by atoms with Gasteiger partial charge in [0, 0.05) is 11.7 Å². The summed E-state index contributed by atoms with van der Waals surface area (Å²) in [6.45, 7) is 4.26. The van der Waals surface area contributed by atoms with Gasteiger partial charge in [0.2, 0.25) is 5.01 Å². The van der Waals surface area contributed by atoms with E-state index in [4.69, 9.17) is 4.74 Å². The van der Waals surface area contributed by atoms with Gasteiger partial charge in [-0.3, -0.25) is 0 Å². The van der Waals surface area contributed by atoms with E-state index < -0.39 is 5.97 Å². The van der Waals surface area contributed by atoms with E-state index in [0.717, 1.165) is 17.9 Å². The summed E-state index contributed by atoms with van der Waals surface area (Å²) in [6, 6.07) is 8.56. The van der Waals surface area contributed by atoms with Gasteiger partial charge in [0.1, 0.15) is 16.7 Å². The average Bonchev–Trinajstić information content (AvgIpc) is 3.15. The molecule has 1 aliphatic heterocycles. The Balaban J connectivity index is 1.84. The van der Waals surface area contributed by atoms with Crippen LogP contribution in [0.5, 0.6) is 0 Å². The van der Waals surface area contributed by atoms with Crippen LogP contribution in [-0.2, 0) is 11.2 Å². The maximum absolute atomic E-state index is 12.0. The molecule has 0 amide bonds. The molecule has 0 bridgehead atoms. The molecule has 1 atom stereocenters. The highest BCUT2D eigenvalue weighted by Crippen LogP contribution is 2.40. The lowest BCUT2D eigenvalue weighted by Gasteiger charge is -2.23. The van der Waals surface area contributed by atoms with Gasteiger partial charge in [0.15, 0.2) is 5.82 Å². The molecule has 4 rings (SSSR count). The number of aromatic nitrogens is 3. The van der Waals surface area contributed by atoms with Crippen molar-refractivity contribution in [1.82, 2.24) is 15.0 Å². The number of nitrogens with zero attached hydrogens (tertiary/aromatic N) is 4. The quantitative estimate of drug-likeness (QED) is 0.681. The fraction of sp³-hybridized carbons (Fsp3) is 0.294. The Hall–Kier alpha value is -2.54. The third kappa shape index (κ3) is 2.32. The Morgan fingerprint density at radius 3 is 3.04 bits per heavy atom. The maximum Gasteiger partial charge on any atom is 0.367 e. The van der Waals surface area contributed by atoms with Gasteiger partial charge in [-0.2, -0.15) is 0 Å². The first-order valence-electron chi connectivity index (χ1n) is 7.85. The molecule has 122 valence electrons. The van der Waals surface area contributed by atoms with Crippen molar-refractivity contribution in [2.45, 2.75) is 26.3 Å². The number of ether oxygens (including phenoxy) is 1. The molecule has 2 aromatic heterocycles. The third-order valence-electron chi connectivity index (χ3n) is 4.06. The van der Waals surface area contributed by atoms with E-state index in [1.54, 1.807) is 6.92 Å². The Labute approximate surface area is 143 Å². The topological polar surface area (TPSA) is 68.2 Å². The molecule has 3 aromatic rings. The fourth-order valence-electron chi connectivity index (χ4n) is 3.09. The highest BCUT2D eigenvalue weighted by atomic mass is 32.1. The summed E-state index contributed by atoms with van der Waals surface area (Å²) >= 11 is 1.24. The zero-order valence-corrected chi connectivity index (χ0v) is 14.2. The minimum Gasteiger partial charge on any atom is -0.461 e. The van der Waals surface area contributed by atoms with Crippen LogP contribution in [-0.4, -0.2) is 33.6 Å². The lowest BCUT2D eigenvalue weighted by Crippen LogP contribution is -2.25. The SMILES string of the molecule is CCOC(=O)c1nc2c(N3c4ccccc4CC3C)ncnc2s1. The van der Waals surface area contributed by atoms with E-state index in [0.29, 0.717) is 22.0 Å². The van der Waals surface area contributed by atoms with Crippen LogP contribution in [0, 0.1) is 0 Å². The van der Waals surface area contributed by atoms with Crippen molar-refractivity contribution < 1.29 is 9.53 Å². The predicted molar refractivity (Wildman–Crippen MR) is 92.9 cm³/mol. The number of anilines is 2. The van der Waals surface area contributed by atoms with Crippen molar-refractivity contribution in [2.75, 3.05) is 11.5 Å². The molecule has 1 aliphatic rings. The standard InChI is InChI=1S/C17H16N4O2S/c1-3-23-17(22)16-20-13-14(18-9-19-15(13)24-16)21-10(2)8-11-6-4-5-7-12(11)21/h4-7,9-10H,3,8H2,1-2H3. The van der Waals surface area contributed by atoms with Gasteiger partial charge in [-0.1, -0.05) is 29.5 Å². The largest absolute Gasteiger partial charge is 0.461 e. The number of carbonyl (C=O) groups is 1. The number of benzene rings is 1. The zero-order chi connectivity index (χ0) is 16.7. The zero-order valence-electron chi connectivity index (χ0n) is 13.4. The molecule has 0 saturated carbocycles. The first-order chi connectivity index (χ1) is 11.7. The molecule has 1 aromatic carbocycles. The molecule has 1 unspecified atom stereocenters. The first kappa shape index (κ1) is 15.0. The monoisotopic (exact) mass is 340 g/mol. The van der Waals surface area contributed by atoms with Crippen molar-refractivity contribution in [3.05, 3.63) is 41.2 Å². The maximum atomic E-state index is 12.0. The normalized spacial score (nSPS) is 16.4. The molecule has 3 heterocycles. The van der Waals surface area contributed by atoms with Crippen LogP contribution >= 0.6 is 11.3 Å². The smallest absolute Gasteiger partial charge is 0.367 e. The summed E-state index contributed by atoms with van der Waals surface area (Å²) < 4.78 is 5.05. The van der Waals surface area contributed by atoms with Gasteiger partial charge in [-0.25, -0.2) is 19.7 Å². The minimum absolute atomic E-state index is 0.272. The van der Waals surface area contributed by atoms with Crippen LogP contribution in [0.15, 0.2) is 30.6 Å². The van der Waals surface area contributed by atoms with Gasteiger partial charge >= 0.3 is 5.97 Å². The number of para-hydroxylation sites is 1. The van der Waals surface area contributed by atoms with Gasteiger partial charge in [-0.05, 0) is 31.9 Å². The minimum atomic E-state index is -0.415. The van der Waals surface area contributed by atoms with E-state index in [1.165, 1.54) is 23.2 Å². The van der Waals surface area contributed by atoms with Gasteiger partial charge in [0.05, 0.1) is 6.61 Å². The van der Waals surface area contributed by atoms with Crippen molar-refractivity contribution >= 4 is 39.2 Å². The summed E-state index contributed by atoms with van der Waals surface area (Å²) in [6.07, 6.45) is 2.48. The number of hydrogen-bond donors (Lipinski definition) is 0. The molecular weight excluding hydrogens is 324 g/mol. The summed E-state index contributed by atoms with van der Waals surface area (Å²) in [7, 11) is 0. The number of thiazole rings is 1. The van der Waals surface area contributed by atoms with E-state index >= 15 is 0 Å².